The minimum absolute atomic E-state index is 0.422. The molecule has 0 saturated heterocycles. The van der Waals surface area contributed by atoms with Gasteiger partial charge in [0.15, 0.2) is 0 Å². The first-order valence-electron chi connectivity index (χ1n) is 6.55. The van der Waals surface area contributed by atoms with Crippen LogP contribution in [-0.4, -0.2) is 12.8 Å². The predicted molar refractivity (Wildman–Crippen MR) is 72.6 cm³/mol. The highest BCUT2D eigenvalue weighted by molar-refractivity contribution is 7.85. The molecule has 1 atom stereocenters. The molecular weight excluding hydrogens is 243 g/mol. The second-order valence-corrected chi connectivity index (χ2v) is 7.83. The third kappa shape index (κ3) is 11.0. The smallest absolute Gasteiger partial charge is 0.289 e. The molecule has 0 aliphatic rings. The van der Waals surface area contributed by atoms with Gasteiger partial charge in [0.25, 0.3) is 6.72 Å². The quantitative estimate of drug-likeness (QED) is 0.360. The summed E-state index contributed by atoms with van der Waals surface area (Å²) < 4.78 is 16.5. The van der Waals surface area contributed by atoms with Gasteiger partial charge < -0.3 is 4.52 Å². The molecule has 0 aliphatic heterocycles. The first-order chi connectivity index (χ1) is 7.62. The van der Waals surface area contributed by atoms with E-state index in [2.05, 4.69) is 6.92 Å². The number of rotatable bonds is 11. The van der Waals surface area contributed by atoms with Crippen molar-refractivity contribution >= 4 is 18.0 Å². The van der Waals surface area contributed by atoms with E-state index in [0.29, 0.717) is 12.8 Å². The van der Waals surface area contributed by atoms with Crippen molar-refractivity contribution in [2.24, 2.45) is 0 Å². The topological polar surface area (TPSA) is 26.3 Å². The second kappa shape index (κ2) is 10.6. The summed E-state index contributed by atoms with van der Waals surface area (Å²) in [6.07, 6.45) is 10.5. The van der Waals surface area contributed by atoms with E-state index in [-0.39, 0.29) is 0 Å². The molecule has 0 N–H and O–H groups in total. The van der Waals surface area contributed by atoms with Crippen molar-refractivity contribution in [3.05, 3.63) is 0 Å². The summed E-state index contributed by atoms with van der Waals surface area (Å²) >= 11 is 5.65. The summed E-state index contributed by atoms with van der Waals surface area (Å²) in [5.41, 5.74) is 0. The van der Waals surface area contributed by atoms with Gasteiger partial charge >= 0.3 is 0 Å². The Hall–Kier alpha value is 0.480. The van der Waals surface area contributed by atoms with E-state index in [9.17, 15) is 4.57 Å². The summed E-state index contributed by atoms with van der Waals surface area (Å²) in [6, 6.07) is 0. The molecule has 0 amide bonds. The molecule has 4 heteroatoms. The lowest BCUT2D eigenvalue weighted by Crippen LogP contribution is -1.91. The Morgan fingerprint density at radius 1 is 0.938 bits per heavy atom. The Kier molecular flexibility index (Phi) is 10.9. The Labute approximate surface area is 105 Å². The molecule has 0 bridgehead atoms. The molecule has 0 unspecified atom stereocenters. The normalized spacial score (nSPS) is 14.9. The highest BCUT2D eigenvalue weighted by Gasteiger charge is 2.14. The van der Waals surface area contributed by atoms with E-state index >= 15 is 0 Å². The van der Waals surface area contributed by atoms with Crippen molar-refractivity contribution < 1.29 is 9.09 Å². The van der Waals surface area contributed by atoms with Gasteiger partial charge in [0.1, 0.15) is 0 Å². The second-order valence-electron chi connectivity index (χ2n) is 4.21. The molecule has 0 aromatic heterocycles. The Balaban J connectivity index is 3.13. The van der Waals surface area contributed by atoms with E-state index < -0.39 is 6.72 Å². The zero-order chi connectivity index (χ0) is 12.3. The van der Waals surface area contributed by atoms with Crippen LogP contribution in [0.1, 0.15) is 65.2 Å². The summed E-state index contributed by atoms with van der Waals surface area (Å²) in [6.45, 7) is 1.80. The molecule has 2 nitrogen and oxygen atoms in total. The molecule has 16 heavy (non-hydrogen) atoms. The van der Waals surface area contributed by atoms with Gasteiger partial charge in [0, 0.05) is 6.16 Å². The lowest BCUT2D eigenvalue weighted by molar-refractivity contribution is 0.311. The van der Waals surface area contributed by atoms with Crippen LogP contribution in [0.15, 0.2) is 0 Å². The van der Waals surface area contributed by atoms with Crippen molar-refractivity contribution in [3.63, 3.8) is 0 Å². The standard InChI is InChI=1S/C12H26ClO2P/c1-3-5-6-7-8-9-10-11-12-15-16(13,14)4-2/h3-12H2,1-2H3/t16-/m0/s1. The number of unbranched alkanes of at least 4 members (excludes halogenated alkanes) is 7. The molecule has 0 aliphatic carbocycles. The minimum Gasteiger partial charge on any atom is -0.318 e. The van der Waals surface area contributed by atoms with Crippen LogP contribution in [0.2, 0.25) is 0 Å². The van der Waals surface area contributed by atoms with Crippen LogP contribution in [0.4, 0.5) is 0 Å². The lowest BCUT2D eigenvalue weighted by atomic mass is 10.1. The van der Waals surface area contributed by atoms with Crippen LogP contribution in [-0.2, 0) is 9.09 Å². The van der Waals surface area contributed by atoms with Crippen LogP contribution in [0.3, 0.4) is 0 Å². The summed E-state index contributed by atoms with van der Waals surface area (Å²) in [7, 11) is 0. The predicted octanol–water partition coefficient (Wildman–Crippen LogP) is 5.60. The number of halogens is 1. The van der Waals surface area contributed by atoms with Crippen molar-refractivity contribution in [3.8, 4) is 0 Å². The summed E-state index contributed by atoms with van der Waals surface area (Å²) in [5, 5.41) is 0. The lowest BCUT2D eigenvalue weighted by Gasteiger charge is -2.08. The van der Waals surface area contributed by atoms with E-state index in [1.165, 1.54) is 38.5 Å². The number of hydrogen-bond acceptors (Lipinski definition) is 2. The molecular formula is C12H26ClO2P. The van der Waals surface area contributed by atoms with E-state index in [4.69, 9.17) is 15.8 Å². The molecule has 0 rings (SSSR count). The molecule has 98 valence electrons. The van der Waals surface area contributed by atoms with Crippen molar-refractivity contribution in [2.75, 3.05) is 12.8 Å². The number of hydrogen-bond donors (Lipinski definition) is 0. The molecule has 0 spiro atoms. The molecule has 0 heterocycles. The maximum Gasteiger partial charge on any atom is 0.289 e. The molecule has 0 fully saturated rings. The molecule has 0 aromatic rings. The van der Waals surface area contributed by atoms with Gasteiger partial charge in [0.2, 0.25) is 0 Å². The average molecular weight is 269 g/mol. The average Bonchev–Trinajstić information content (AvgIpc) is 2.27. The molecule has 0 saturated carbocycles. The highest BCUT2D eigenvalue weighted by Crippen LogP contribution is 2.51. The molecule has 0 radical (unpaired) electrons. The van der Waals surface area contributed by atoms with Crippen LogP contribution in [0.5, 0.6) is 0 Å². The maximum atomic E-state index is 11.3. The van der Waals surface area contributed by atoms with Gasteiger partial charge in [-0.1, -0.05) is 58.8 Å². The van der Waals surface area contributed by atoms with Gasteiger partial charge in [-0.25, -0.2) is 0 Å². The van der Waals surface area contributed by atoms with E-state index in [0.717, 1.165) is 12.8 Å². The Morgan fingerprint density at radius 3 is 1.94 bits per heavy atom. The summed E-state index contributed by atoms with van der Waals surface area (Å²) in [5.74, 6) is 0. The van der Waals surface area contributed by atoms with Gasteiger partial charge in [-0.3, -0.25) is 4.57 Å². The van der Waals surface area contributed by atoms with Crippen LogP contribution < -0.4 is 0 Å². The minimum atomic E-state index is -2.77. The van der Waals surface area contributed by atoms with Crippen LogP contribution >= 0.6 is 18.0 Å². The van der Waals surface area contributed by atoms with E-state index in [1.54, 1.807) is 6.92 Å². The maximum absolute atomic E-state index is 11.3. The van der Waals surface area contributed by atoms with Crippen LogP contribution in [0, 0.1) is 0 Å². The van der Waals surface area contributed by atoms with Gasteiger partial charge in [-0.2, -0.15) is 0 Å². The van der Waals surface area contributed by atoms with Crippen LogP contribution in [0.25, 0.3) is 0 Å². The fourth-order valence-corrected chi connectivity index (χ4v) is 2.32. The Morgan fingerprint density at radius 2 is 1.44 bits per heavy atom. The van der Waals surface area contributed by atoms with Crippen molar-refractivity contribution in [2.45, 2.75) is 65.2 Å². The van der Waals surface area contributed by atoms with Crippen molar-refractivity contribution in [1.82, 2.24) is 0 Å². The highest BCUT2D eigenvalue weighted by atomic mass is 35.7. The fraction of sp³-hybridized carbons (Fsp3) is 1.00. The van der Waals surface area contributed by atoms with Gasteiger partial charge in [0.05, 0.1) is 6.61 Å². The third-order valence-corrected chi connectivity index (χ3v) is 4.99. The monoisotopic (exact) mass is 268 g/mol. The van der Waals surface area contributed by atoms with Crippen molar-refractivity contribution in [1.29, 1.82) is 0 Å². The zero-order valence-corrected chi connectivity index (χ0v) is 12.4. The van der Waals surface area contributed by atoms with E-state index in [1.807, 2.05) is 0 Å². The first-order valence-corrected chi connectivity index (χ1v) is 9.27. The van der Waals surface area contributed by atoms with Gasteiger partial charge in [-0.15, -0.1) is 0 Å². The third-order valence-electron chi connectivity index (χ3n) is 2.66. The zero-order valence-electron chi connectivity index (χ0n) is 10.7. The fourth-order valence-electron chi connectivity index (χ4n) is 1.53. The Bertz CT molecular complexity index is 197. The molecule has 0 aromatic carbocycles. The SMILES string of the molecule is CCCCCCCCCCO[P@](=O)(Cl)CC. The largest absolute Gasteiger partial charge is 0.318 e. The van der Waals surface area contributed by atoms with Gasteiger partial charge in [-0.05, 0) is 17.7 Å². The summed E-state index contributed by atoms with van der Waals surface area (Å²) in [4.78, 5) is 0. The first kappa shape index (κ1) is 16.5.